The van der Waals surface area contributed by atoms with E-state index in [1.54, 1.807) is 14.2 Å². The highest BCUT2D eigenvalue weighted by Crippen LogP contribution is 2.30. The summed E-state index contributed by atoms with van der Waals surface area (Å²) >= 11 is 0. The van der Waals surface area contributed by atoms with E-state index in [0.717, 1.165) is 35.5 Å². The highest BCUT2D eigenvalue weighted by atomic mass is 16.5. The smallest absolute Gasteiger partial charge is 0.191 e. The molecule has 0 atom stereocenters. The monoisotopic (exact) mass is 392 g/mol. The number of benzene rings is 2. The Morgan fingerprint density at radius 3 is 2.48 bits per heavy atom. The van der Waals surface area contributed by atoms with Crippen LogP contribution < -0.4 is 20.1 Å². The number of nitrogens with one attached hydrogen (secondary N) is 2. The van der Waals surface area contributed by atoms with Crippen LogP contribution in [0.5, 0.6) is 11.5 Å². The SMILES string of the molecule is CN=C(NCc1ccc(C#N)cc1)NCc1ccc(OC)cc1OC1CCCC1. The zero-order valence-corrected chi connectivity index (χ0v) is 17.1. The van der Waals surface area contributed by atoms with E-state index in [0.29, 0.717) is 24.6 Å². The Kier molecular flexibility index (Phi) is 7.34. The lowest BCUT2D eigenvalue weighted by Gasteiger charge is -2.19. The van der Waals surface area contributed by atoms with Crippen LogP contribution in [0.15, 0.2) is 47.5 Å². The van der Waals surface area contributed by atoms with Gasteiger partial charge in [-0.2, -0.15) is 5.26 Å². The Morgan fingerprint density at radius 2 is 1.83 bits per heavy atom. The van der Waals surface area contributed by atoms with E-state index >= 15 is 0 Å². The molecule has 0 heterocycles. The average Bonchev–Trinajstić information content (AvgIpc) is 3.28. The molecule has 0 aliphatic heterocycles. The van der Waals surface area contributed by atoms with Gasteiger partial charge in [-0.3, -0.25) is 4.99 Å². The quantitative estimate of drug-likeness (QED) is 0.554. The van der Waals surface area contributed by atoms with Gasteiger partial charge in [-0.25, -0.2) is 0 Å². The van der Waals surface area contributed by atoms with E-state index in [-0.39, 0.29) is 6.10 Å². The molecule has 0 unspecified atom stereocenters. The summed E-state index contributed by atoms with van der Waals surface area (Å²) in [6.45, 7) is 1.22. The minimum Gasteiger partial charge on any atom is -0.497 e. The van der Waals surface area contributed by atoms with Gasteiger partial charge in [0.1, 0.15) is 11.5 Å². The van der Waals surface area contributed by atoms with Crippen LogP contribution in [0.3, 0.4) is 0 Å². The largest absolute Gasteiger partial charge is 0.497 e. The van der Waals surface area contributed by atoms with Gasteiger partial charge in [-0.05, 0) is 55.5 Å². The van der Waals surface area contributed by atoms with Crippen molar-refractivity contribution in [3.05, 3.63) is 59.2 Å². The van der Waals surface area contributed by atoms with Gasteiger partial charge in [0.25, 0.3) is 0 Å². The van der Waals surface area contributed by atoms with Gasteiger partial charge in [0.15, 0.2) is 5.96 Å². The highest BCUT2D eigenvalue weighted by Gasteiger charge is 2.18. The topological polar surface area (TPSA) is 78.7 Å². The van der Waals surface area contributed by atoms with E-state index in [1.165, 1.54) is 12.8 Å². The molecule has 0 amide bonds. The summed E-state index contributed by atoms with van der Waals surface area (Å²) in [7, 11) is 3.42. The number of nitrogens with zero attached hydrogens (tertiary/aromatic N) is 2. The molecule has 2 aromatic rings. The lowest BCUT2D eigenvalue weighted by atomic mass is 10.1. The van der Waals surface area contributed by atoms with Crippen LogP contribution in [0.2, 0.25) is 0 Å². The summed E-state index contributed by atoms with van der Waals surface area (Å²) in [5.74, 6) is 2.37. The molecule has 0 bridgehead atoms. The number of hydrogen-bond donors (Lipinski definition) is 2. The number of hydrogen-bond acceptors (Lipinski definition) is 4. The van der Waals surface area contributed by atoms with Crippen molar-refractivity contribution >= 4 is 5.96 Å². The first-order valence-electron chi connectivity index (χ1n) is 9.99. The molecular weight excluding hydrogens is 364 g/mol. The van der Waals surface area contributed by atoms with E-state index in [2.05, 4.69) is 21.7 Å². The first-order chi connectivity index (χ1) is 14.2. The van der Waals surface area contributed by atoms with Gasteiger partial charge in [-0.15, -0.1) is 0 Å². The normalized spacial score (nSPS) is 14.3. The molecular formula is C23H28N4O2. The van der Waals surface area contributed by atoms with Crippen LogP contribution in [0.25, 0.3) is 0 Å². The van der Waals surface area contributed by atoms with Gasteiger partial charge in [-0.1, -0.05) is 12.1 Å². The van der Waals surface area contributed by atoms with Gasteiger partial charge in [0, 0.05) is 31.8 Å². The molecule has 2 N–H and O–H groups in total. The average molecular weight is 393 g/mol. The lowest BCUT2D eigenvalue weighted by Crippen LogP contribution is -2.36. The zero-order chi connectivity index (χ0) is 20.5. The first-order valence-corrected chi connectivity index (χ1v) is 9.99. The van der Waals surface area contributed by atoms with Crippen molar-refractivity contribution in [2.24, 2.45) is 4.99 Å². The molecule has 29 heavy (non-hydrogen) atoms. The molecule has 152 valence electrons. The van der Waals surface area contributed by atoms with Crippen molar-refractivity contribution in [1.82, 2.24) is 10.6 Å². The maximum atomic E-state index is 8.90. The Bertz CT molecular complexity index is 865. The third kappa shape index (κ3) is 5.89. The van der Waals surface area contributed by atoms with Crippen molar-refractivity contribution < 1.29 is 9.47 Å². The predicted molar refractivity (Wildman–Crippen MR) is 114 cm³/mol. The van der Waals surface area contributed by atoms with Crippen molar-refractivity contribution in [1.29, 1.82) is 5.26 Å². The number of methoxy groups -OCH3 is 1. The molecule has 2 aromatic carbocycles. The third-order valence-electron chi connectivity index (χ3n) is 5.08. The van der Waals surface area contributed by atoms with Crippen LogP contribution in [0.1, 0.15) is 42.4 Å². The Morgan fingerprint density at radius 1 is 1.10 bits per heavy atom. The maximum absolute atomic E-state index is 8.90. The minimum atomic E-state index is 0.287. The van der Waals surface area contributed by atoms with Gasteiger partial charge >= 0.3 is 0 Å². The van der Waals surface area contributed by atoms with Crippen molar-refractivity contribution in [3.8, 4) is 17.6 Å². The molecule has 3 rings (SSSR count). The van der Waals surface area contributed by atoms with E-state index in [4.69, 9.17) is 14.7 Å². The Balaban J connectivity index is 1.59. The fourth-order valence-corrected chi connectivity index (χ4v) is 3.39. The van der Waals surface area contributed by atoms with E-state index in [1.807, 2.05) is 42.5 Å². The molecule has 0 radical (unpaired) electrons. The molecule has 1 fully saturated rings. The fraction of sp³-hybridized carbons (Fsp3) is 0.391. The Labute approximate surface area is 172 Å². The second-order valence-corrected chi connectivity index (χ2v) is 7.09. The molecule has 0 saturated heterocycles. The van der Waals surface area contributed by atoms with Crippen molar-refractivity contribution in [3.63, 3.8) is 0 Å². The molecule has 6 heteroatoms. The van der Waals surface area contributed by atoms with Crippen LogP contribution in [0.4, 0.5) is 0 Å². The van der Waals surface area contributed by atoms with Crippen LogP contribution >= 0.6 is 0 Å². The standard InChI is InChI=1S/C23H28N4O2/c1-25-23(26-15-18-9-7-17(14-24)8-10-18)27-16-19-11-12-21(28-2)13-22(19)29-20-5-3-4-6-20/h7-13,20H,3-6,15-16H2,1-2H3,(H2,25,26,27). The predicted octanol–water partition coefficient (Wildman–Crippen LogP) is 3.75. The number of ether oxygens (including phenoxy) is 2. The highest BCUT2D eigenvalue weighted by molar-refractivity contribution is 5.79. The molecule has 1 saturated carbocycles. The van der Waals surface area contributed by atoms with Crippen molar-refractivity contribution in [2.45, 2.75) is 44.9 Å². The summed E-state index contributed by atoms with van der Waals surface area (Å²) in [4.78, 5) is 4.30. The van der Waals surface area contributed by atoms with E-state index in [9.17, 15) is 0 Å². The minimum absolute atomic E-state index is 0.287. The second-order valence-electron chi connectivity index (χ2n) is 7.09. The summed E-state index contributed by atoms with van der Waals surface area (Å²) in [6.07, 6.45) is 4.97. The van der Waals surface area contributed by atoms with E-state index < -0.39 is 0 Å². The fourth-order valence-electron chi connectivity index (χ4n) is 3.39. The first kappa shape index (κ1) is 20.5. The summed E-state index contributed by atoms with van der Waals surface area (Å²) < 4.78 is 11.6. The summed E-state index contributed by atoms with van der Waals surface area (Å²) in [5, 5.41) is 15.5. The van der Waals surface area contributed by atoms with Gasteiger partial charge < -0.3 is 20.1 Å². The summed E-state index contributed by atoms with van der Waals surface area (Å²) in [5.41, 5.74) is 2.81. The number of nitriles is 1. The number of rotatable bonds is 7. The summed E-state index contributed by atoms with van der Waals surface area (Å²) in [6, 6.07) is 15.6. The molecule has 0 aromatic heterocycles. The van der Waals surface area contributed by atoms with Crippen LogP contribution in [-0.2, 0) is 13.1 Å². The zero-order valence-electron chi connectivity index (χ0n) is 17.1. The molecule has 1 aliphatic carbocycles. The van der Waals surface area contributed by atoms with Crippen molar-refractivity contribution in [2.75, 3.05) is 14.2 Å². The number of aliphatic imine (C=N–C) groups is 1. The number of guanidine groups is 1. The molecule has 0 spiro atoms. The van der Waals surface area contributed by atoms with Gasteiger partial charge in [0.05, 0.1) is 24.8 Å². The third-order valence-corrected chi connectivity index (χ3v) is 5.08. The molecule has 1 aliphatic rings. The maximum Gasteiger partial charge on any atom is 0.191 e. The van der Waals surface area contributed by atoms with Crippen LogP contribution in [-0.4, -0.2) is 26.2 Å². The molecule has 6 nitrogen and oxygen atoms in total. The van der Waals surface area contributed by atoms with Crippen LogP contribution in [0, 0.1) is 11.3 Å². The second kappa shape index (κ2) is 10.4. The Hall–Kier alpha value is -3.20. The van der Waals surface area contributed by atoms with Gasteiger partial charge in [0.2, 0.25) is 0 Å². The lowest BCUT2D eigenvalue weighted by molar-refractivity contribution is 0.207.